The lowest BCUT2D eigenvalue weighted by atomic mass is 9.95. The molecular formula is C24H27N3O2S. The maximum absolute atomic E-state index is 13.0. The third kappa shape index (κ3) is 3.98. The van der Waals surface area contributed by atoms with Gasteiger partial charge >= 0.3 is 0 Å². The number of hydrogen-bond donors (Lipinski definition) is 1. The summed E-state index contributed by atoms with van der Waals surface area (Å²) in [5.41, 5.74) is 8.84. The Morgan fingerprint density at radius 2 is 2.00 bits per heavy atom. The van der Waals surface area contributed by atoms with Crippen LogP contribution in [-0.4, -0.2) is 42.9 Å². The second-order valence-electron chi connectivity index (χ2n) is 7.90. The minimum absolute atomic E-state index is 0.106. The number of benzene rings is 2. The number of nitrogens with zero attached hydrogens (tertiary/aromatic N) is 2. The van der Waals surface area contributed by atoms with Crippen LogP contribution < -0.4 is 10.6 Å². The maximum Gasteiger partial charge on any atom is 0.259 e. The molecule has 1 aromatic heterocycles. The summed E-state index contributed by atoms with van der Waals surface area (Å²) >= 11 is 1.47. The topological polar surface area (TPSA) is 66.6 Å². The van der Waals surface area contributed by atoms with Crippen LogP contribution in [0.5, 0.6) is 0 Å². The van der Waals surface area contributed by atoms with Crippen molar-refractivity contribution >= 4 is 38.9 Å². The molecule has 0 spiro atoms. The molecule has 0 radical (unpaired) electrons. The highest BCUT2D eigenvalue weighted by atomic mass is 32.1. The Balaban J connectivity index is 1.51. The van der Waals surface area contributed by atoms with Crippen molar-refractivity contribution in [2.75, 3.05) is 31.1 Å². The number of likely N-dealkylation sites (tertiary alicyclic amines) is 1. The van der Waals surface area contributed by atoms with Crippen LogP contribution >= 0.6 is 11.3 Å². The maximum atomic E-state index is 13.0. The molecule has 1 aliphatic rings. The lowest BCUT2D eigenvalue weighted by Crippen LogP contribution is -2.39. The van der Waals surface area contributed by atoms with Gasteiger partial charge in [-0.05, 0) is 61.5 Å². The molecule has 0 saturated carbocycles. The van der Waals surface area contributed by atoms with Crippen molar-refractivity contribution in [2.24, 2.45) is 5.73 Å². The standard InChI is InChI=1S/C24H27N3O2S/c1-3-27(18-8-6-7-16(2)13-18)21(28)15-26-12-11-17(14-26)22-19-9-4-5-10-20(19)30-23(22)24(25)29/h4-10,13,17H,3,11-12,14-15H2,1-2H3,(H2,25,29). The molecule has 2 N–H and O–H groups in total. The number of carbonyl (C=O) groups is 2. The van der Waals surface area contributed by atoms with Gasteiger partial charge in [0.1, 0.15) is 0 Å². The van der Waals surface area contributed by atoms with Gasteiger partial charge in [0, 0.05) is 29.4 Å². The first kappa shape index (κ1) is 20.6. The number of likely N-dealkylation sites (N-methyl/N-ethyl adjacent to an activating group) is 1. The van der Waals surface area contributed by atoms with E-state index in [1.807, 2.05) is 61.2 Å². The van der Waals surface area contributed by atoms with Gasteiger partial charge < -0.3 is 10.6 Å². The van der Waals surface area contributed by atoms with Gasteiger partial charge in [0.25, 0.3) is 5.91 Å². The first-order valence-electron chi connectivity index (χ1n) is 10.4. The fourth-order valence-corrected chi connectivity index (χ4v) is 5.58. The van der Waals surface area contributed by atoms with Gasteiger partial charge in [0.05, 0.1) is 11.4 Å². The molecule has 4 rings (SSSR count). The zero-order chi connectivity index (χ0) is 21.3. The molecule has 2 heterocycles. The lowest BCUT2D eigenvalue weighted by molar-refractivity contribution is -0.119. The van der Waals surface area contributed by atoms with Crippen molar-refractivity contribution in [3.05, 3.63) is 64.5 Å². The summed E-state index contributed by atoms with van der Waals surface area (Å²) in [4.78, 5) is 29.8. The third-order valence-electron chi connectivity index (χ3n) is 5.83. The van der Waals surface area contributed by atoms with Gasteiger partial charge in [-0.3, -0.25) is 14.5 Å². The van der Waals surface area contributed by atoms with Gasteiger partial charge in [0.2, 0.25) is 5.91 Å². The fraction of sp³-hybridized carbons (Fsp3) is 0.333. The van der Waals surface area contributed by atoms with Crippen LogP contribution in [0.25, 0.3) is 10.1 Å². The zero-order valence-electron chi connectivity index (χ0n) is 17.4. The quantitative estimate of drug-likeness (QED) is 0.650. The average Bonchev–Trinajstić information content (AvgIpc) is 3.32. The lowest BCUT2D eigenvalue weighted by Gasteiger charge is -2.24. The van der Waals surface area contributed by atoms with Crippen molar-refractivity contribution in [3.63, 3.8) is 0 Å². The van der Waals surface area contributed by atoms with Crippen molar-refractivity contribution in [2.45, 2.75) is 26.2 Å². The number of amides is 2. The summed E-state index contributed by atoms with van der Waals surface area (Å²) in [6, 6.07) is 16.1. The fourth-order valence-electron chi connectivity index (χ4n) is 4.44. The first-order chi connectivity index (χ1) is 14.5. The van der Waals surface area contributed by atoms with E-state index in [0.29, 0.717) is 18.0 Å². The SMILES string of the molecule is CCN(C(=O)CN1CCC(c2c(C(N)=O)sc3ccccc23)C1)c1cccc(C)c1. The molecule has 0 aliphatic carbocycles. The summed E-state index contributed by atoms with van der Waals surface area (Å²) in [5, 5.41) is 1.12. The highest BCUT2D eigenvalue weighted by Gasteiger charge is 2.31. The van der Waals surface area contributed by atoms with E-state index in [1.165, 1.54) is 11.3 Å². The Morgan fingerprint density at radius 1 is 1.20 bits per heavy atom. The van der Waals surface area contributed by atoms with E-state index in [9.17, 15) is 9.59 Å². The predicted octanol–water partition coefficient (Wildman–Crippen LogP) is 4.15. The van der Waals surface area contributed by atoms with E-state index < -0.39 is 0 Å². The summed E-state index contributed by atoms with van der Waals surface area (Å²) < 4.78 is 1.09. The second kappa shape index (κ2) is 8.58. The number of aryl methyl sites for hydroxylation is 1. The van der Waals surface area contributed by atoms with Gasteiger partial charge in [0.15, 0.2) is 0 Å². The zero-order valence-corrected chi connectivity index (χ0v) is 18.2. The van der Waals surface area contributed by atoms with E-state index in [2.05, 4.69) is 11.0 Å². The molecule has 1 fully saturated rings. The van der Waals surface area contributed by atoms with Gasteiger partial charge in [-0.2, -0.15) is 0 Å². The number of primary amides is 1. The highest BCUT2D eigenvalue weighted by Crippen LogP contribution is 2.39. The summed E-state index contributed by atoms with van der Waals surface area (Å²) in [5.74, 6) is -0.0446. The van der Waals surface area contributed by atoms with Crippen molar-refractivity contribution in [3.8, 4) is 0 Å². The first-order valence-corrected chi connectivity index (χ1v) is 11.2. The molecule has 5 nitrogen and oxygen atoms in total. The number of hydrogen-bond acceptors (Lipinski definition) is 4. The van der Waals surface area contributed by atoms with Crippen LogP contribution in [0.1, 0.15) is 40.1 Å². The predicted molar refractivity (Wildman–Crippen MR) is 123 cm³/mol. The molecule has 2 amide bonds. The van der Waals surface area contributed by atoms with Gasteiger partial charge in [-0.25, -0.2) is 0 Å². The normalized spacial score (nSPS) is 16.8. The Labute approximate surface area is 181 Å². The van der Waals surface area contributed by atoms with Crippen LogP contribution in [0.4, 0.5) is 5.69 Å². The number of nitrogens with two attached hydrogens (primary N) is 1. The van der Waals surface area contributed by atoms with Crippen LogP contribution in [0.3, 0.4) is 0 Å². The third-order valence-corrected chi connectivity index (χ3v) is 7.03. The monoisotopic (exact) mass is 421 g/mol. The molecule has 1 saturated heterocycles. The molecule has 1 aliphatic heterocycles. The number of rotatable bonds is 6. The largest absolute Gasteiger partial charge is 0.365 e. The minimum Gasteiger partial charge on any atom is -0.365 e. The molecule has 2 aromatic carbocycles. The van der Waals surface area contributed by atoms with Crippen molar-refractivity contribution < 1.29 is 9.59 Å². The van der Waals surface area contributed by atoms with E-state index in [-0.39, 0.29) is 17.7 Å². The molecular weight excluding hydrogens is 394 g/mol. The van der Waals surface area contributed by atoms with E-state index in [0.717, 1.165) is 46.4 Å². The molecule has 30 heavy (non-hydrogen) atoms. The van der Waals surface area contributed by atoms with Crippen LogP contribution in [0, 0.1) is 6.92 Å². The molecule has 0 bridgehead atoms. The summed E-state index contributed by atoms with van der Waals surface area (Å²) in [6.45, 7) is 6.66. The average molecular weight is 422 g/mol. The van der Waals surface area contributed by atoms with Crippen LogP contribution in [0.2, 0.25) is 0 Å². The Kier molecular flexibility index (Phi) is 5.88. The number of carbonyl (C=O) groups excluding carboxylic acids is 2. The minimum atomic E-state index is -0.364. The van der Waals surface area contributed by atoms with Crippen LogP contribution in [-0.2, 0) is 4.79 Å². The molecule has 156 valence electrons. The Hall–Kier alpha value is -2.70. The Morgan fingerprint density at radius 3 is 2.73 bits per heavy atom. The highest BCUT2D eigenvalue weighted by molar-refractivity contribution is 7.21. The second-order valence-corrected chi connectivity index (χ2v) is 8.96. The molecule has 1 unspecified atom stereocenters. The van der Waals surface area contributed by atoms with Crippen molar-refractivity contribution in [1.29, 1.82) is 0 Å². The molecule has 3 aromatic rings. The number of thiophene rings is 1. The van der Waals surface area contributed by atoms with E-state index in [4.69, 9.17) is 5.73 Å². The van der Waals surface area contributed by atoms with E-state index >= 15 is 0 Å². The molecule has 1 atom stereocenters. The summed E-state index contributed by atoms with van der Waals surface area (Å²) in [6.07, 6.45) is 0.921. The van der Waals surface area contributed by atoms with E-state index in [1.54, 1.807) is 0 Å². The van der Waals surface area contributed by atoms with Gasteiger partial charge in [-0.15, -0.1) is 11.3 Å². The smallest absolute Gasteiger partial charge is 0.259 e. The van der Waals surface area contributed by atoms with Gasteiger partial charge in [-0.1, -0.05) is 30.3 Å². The molecule has 6 heteroatoms. The number of fused-ring (bicyclic) bond motifs is 1. The number of anilines is 1. The van der Waals surface area contributed by atoms with Crippen LogP contribution in [0.15, 0.2) is 48.5 Å². The van der Waals surface area contributed by atoms with Crippen molar-refractivity contribution in [1.82, 2.24) is 4.90 Å². The summed E-state index contributed by atoms with van der Waals surface area (Å²) in [7, 11) is 0. The Bertz CT molecular complexity index is 1090.